The van der Waals surface area contributed by atoms with Crippen molar-refractivity contribution in [2.75, 3.05) is 13.7 Å². The summed E-state index contributed by atoms with van der Waals surface area (Å²) < 4.78 is 11.3. The predicted octanol–water partition coefficient (Wildman–Crippen LogP) is 2.63. The summed E-state index contributed by atoms with van der Waals surface area (Å²) in [5, 5.41) is 0. The molecule has 112 valence electrons. The predicted molar refractivity (Wildman–Crippen MR) is 80.7 cm³/mol. The zero-order valence-electron chi connectivity index (χ0n) is 12.9. The molecule has 0 aliphatic heterocycles. The number of aryl methyl sites for hydroxylation is 2. The lowest BCUT2D eigenvalue weighted by Gasteiger charge is -2.28. The molecule has 1 fully saturated rings. The molecule has 4 nitrogen and oxygen atoms in total. The molecule has 4 heteroatoms. The Bertz CT molecular complexity index is 458. The molecular formula is C16H26N2O2. The van der Waals surface area contributed by atoms with E-state index in [9.17, 15) is 0 Å². The van der Waals surface area contributed by atoms with E-state index >= 15 is 0 Å². The number of hydrogen-bond acceptors (Lipinski definition) is 4. The van der Waals surface area contributed by atoms with Gasteiger partial charge in [0.25, 0.3) is 0 Å². The van der Waals surface area contributed by atoms with Gasteiger partial charge >= 0.3 is 0 Å². The summed E-state index contributed by atoms with van der Waals surface area (Å²) in [5.74, 6) is 7.37. The van der Waals surface area contributed by atoms with Gasteiger partial charge in [-0.2, -0.15) is 0 Å². The lowest BCUT2D eigenvalue weighted by Crippen LogP contribution is -2.39. The molecule has 2 rings (SSSR count). The average molecular weight is 278 g/mol. The van der Waals surface area contributed by atoms with Crippen LogP contribution in [0.15, 0.2) is 12.1 Å². The summed E-state index contributed by atoms with van der Waals surface area (Å²) in [7, 11) is 1.70. The smallest absolute Gasteiger partial charge is 0.122 e. The summed E-state index contributed by atoms with van der Waals surface area (Å²) >= 11 is 0. The summed E-state index contributed by atoms with van der Waals surface area (Å²) in [5.41, 5.74) is 6.47. The van der Waals surface area contributed by atoms with Crippen LogP contribution >= 0.6 is 0 Å². The number of hydrogen-bond donors (Lipinski definition) is 2. The Morgan fingerprint density at radius 2 is 2.00 bits per heavy atom. The fourth-order valence-electron chi connectivity index (χ4n) is 2.85. The first-order valence-electron chi connectivity index (χ1n) is 7.35. The quantitative estimate of drug-likeness (QED) is 0.594. The highest BCUT2D eigenvalue weighted by Gasteiger charge is 2.38. The van der Waals surface area contributed by atoms with Crippen molar-refractivity contribution in [2.24, 2.45) is 11.8 Å². The van der Waals surface area contributed by atoms with Crippen molar-refractivity contribution in [1.29, 1.82) is 0 Å². The second-order valence-corrected chi connectivity index (χ2v) is 5.58. The third-order valence-electron chi connectivity index (χ3n) is 4.07. The Morgan fingerprint density at radius 3 is 2.50 bits per heavy atom. The van der Waals surface area contributed by atoms with Gasteiger partial charge in [-0.05, 0) is 62.3 Å². The van der Waals surface area contributed by atoms with Gasteiger partial charge < -0.3 is 9.47 Å². The zero-order valence-corrected chi connectivity index (χ0v) is 12.9. The lowest BCUT2D eigenvalue weighted by molar-refractivity contribution is 0.0183. The Hall–Kier alpha value is -1.10. The van der Waals surface area contributed by atoms with E-state index in [1.165, 1.54) is 24.0 Å². The fraction of sp³-hybridized carbons (Fsp3) is 0.625. The first-order valence-corrected chi connectivity index (χ1v) is 7.35. The van der Waals surface area contributed by atoms with Crippen molar-refractivity contribution < 1.29 is 9.47 Å². The molecule has 1 saturated carbocycles. The maximum absolute atomic E-state index is 5.95. The molecule has 1 aliphatic carbocycles. The maximum Gasteiger partial charge on any atom is 0.122 e. The van der Waals surface area contributed by atoms with Crippen LogP contribution in [0.3, 0.4) is 0 Å². The van der Waals surface area contributed by atoms with Crippen LogP contribution in [-0.2, 0) is 4.74 Å². The molecule has 0 radical (unpaired) electrons. The van der Waals surface area contributed by atoms with Gasteiger partial charge in [-0.25, -0.2) is 0 Å². The number of methoxy groups -OCH3 is 1. The number of nitrogens with one attached hydrogen (secondary N) is 1. The molecule has 0 spiro atoms. The minimum atomic E-state index is 0.0343. The average Bonchev–Trinajstić information content (AvgIpc) is 3.26. The monoisotopic (exact) mass is 278 g/mol. The van der Waals surface area contributed by atoms with Gasteiger partial charge in [-0.15, -0.1) is 0 Å². The van der Waals surface area contributed by atoms with Crippen molar-refractivity contribution >= 4 is 0 Å². The van der Waals surface area contributed by atoms with Crippen molar-refractivity contribution in [3.63, 3.8) is 0 Å². The van der Waals surface area contributed by atoms with Crippen LogP contribution in [-0.4, -0.2) is 19.8 Å². The molecule has 0 saturated heterocycles. The van der Waals surface area contributed by atoms with Crippen molar-refractivity contribution in [3.05, 3.63) is 28.8 Å². The largest absolute Gasteiger partial charge is 0.496 e. The zero-order chi connectivity index (χ0) is 14.7. The van der Waals surface area contributed by atoms with Crippen LogP contribution < -0.4 is 16.0 Å². The van der Waals surface area contributed by atoms with Gasteiger partial charge in [0.2, 0.25) is 0 Å². The lowest BCUT2D eigenvalue weighted by atomic mass is 9.93. The molecule has 0 bridgehead atoms. The van der Waals surface area contributed by atoms with Crippen LogP contribution in [0, 0.1) is 19.8 Å². The minimum Gasteiger partial charge on any atom is -0.496 e. The Morgan fingerprint density at radius 1 is 1.30 bits per heavy atom. The Balaban J connectivity index is 2.32. The third kappa shape index (κ3) is 3.14. The van der Waals surface area contributed by atoms with Crippen LogP contribution in [0.2, 0.25) is 0 Å². The topological polar surface area (TPSA) is 56.5 Å². The second kappa shape index (κ2) is 6.57. The van der Waals surface area contributed by atoms with E-state index in [-0.39, 0.29) is 12.1 Å². The van der Waals surface area contributed by atoms with E-state index in [2.05, 4.69) is 31.4 Å². The number of benzene rings is 1. The molecule has 20 heavy (non-hydrogen) atoms. The van der Waals surface area contributed by atoms with Crippen LogP contribution in [0.1, 0.15) is 42.5 Å². The first-order chi connectivity index (χ1) is 9.62. The number of hydrazine groups is 1. The first kappa shape index (κ1) is 15.3. The van der Waals surface area contributed by atoms with Gasteiger partial charge in [-0.1, -0.05) is 6.07 Å². The molecule has 1 aromatic carbocycles. The van der Waals surface area contributed by atoms with E-state index in [1.807, 2.05) is 6.92 Å². The van der Waals surface area contributed by atoms with Crippen molar-refractivity contribution in [2.45, 2.75) is 45.8 Å². The van der Waals surface area contributed by atoms with E-state index < -0.39 is 0 Å². The molecule has 0 heterocycles. The SMILES string of the molecule is CCOC(C1CC1)C(NN)c1cc(C)c(OC)cc1C. The Labute approximate surface area is 121 Å². The minimum absolute atomic E-state index is 0.0343. The highest BCUT2D eigenvalue weighted by atomic mass is 16.5. The van der Waals surface area contributed by atoms with E-state index in [4.69, 9.17) is 15.3 Å². The highest BCUT2D eigenvalue weighted by Crippen LogP contribution is 2.41. The molecular weight excluding hydrogens is 252 g/mol. The third-order valence-corrected chi connectivity index (χ3v) is 4.07. The summed E-state index contributed by atoms with van der Waals surface area (Å²) in [4.78, 5) is 0. The van der Waals surface area contributed by atoms with E-state index in [0.717, 1.165) is 11.3 Å². The van der Waals surface area contributed by atoms with Gasteiger partial charge in [0.05, 0.1) is 19.3 Å². The van der Waals surface area contributed by atoms with Gasteiger partial charge in [-0.3, -0.25) is 11.3 Å². The van der Waals surface area contributed by atoms with Crippen LogP contribution in [0.5, 0.6) is 5.75 Å². The fourth-order valence-corrected chi connectivity index (χ4v) is 2.85. The molecule has 3 N–H and O–H groups in total. The number of ether oxygens (including phenoxy) is 2. The number of rotatable bonds is 7. The van der Waals surface area contributed by atoms with Gasteiger partial charge in [0.15, 0.2) is 0 Å². The van der Waals surface area contributed by atoms with Crippen molar-refractivity contribution in [1.82, 2.24) is 5.43 Å². The molecule has 1 aliphatic rings. The van der Waals surface area contributed by atoms with Gasteiger partial charge in [0, 0.05) is 6.61 Å². The standard InChI is InChI=1S/C16H26N2O2/c1-5-20-16(12-6-7-12)15(18-17)13-8-11(3)14(19-4)9-10(13)2/h8-9,12,15-16,18H,5-7,17H2,1-4H3. The molecule has 0 aromatic heterocycles. The second-order valence-electron chi connectivity index (χ2n) is 5.58. The summed E-state index contributed by atoms with van der Waals surface area (Å²) in [6.45, 7) is 6.91. The summed E-state index contributed by atoms with van der Waals surface area (Å²) in [6.07, 6.45) is 2.62. The molecule has 2 unspecified atom stereocenters. The summed E-state index contributed by atoms with van der Waals surface area (Å²) in [6, 6.07) is 4.27. The number of nitrogens with two attached hydrogens (primary N) is 1. The van der Waals surface area contributed by atoms with Crippen molar-refractivity contribution in [3.8, 4) is 5.75 Å². The van der Waals surface area contributed by atoms with E-state index in [1.54, 1.807) is 7.11 Å². The van der Waals surface area contributed by atoms with E-state index in [0.29, 0.717) is 12.5 Å². The molecule has 2 atom stereocenters. The maximum atomic E-state index is 5.95. The normalized spacial score (nSPS) is 17.9. The Kier molecular flexibility index (Phi) is 5.02. The van der Waals surface area contributed by atoms with Crippen LogP contribution in [0.4, 0.5) is 0 Å². The van der Waals surface area contributed by atoms with Crippen LogP contribution in [0.25, 0.3) is 0 Å². The molecule has 1 aromatic rings. The highest BCUT2D eigenvalue weighted by molar-refractivity contribution is 5.43. The van der Waals surface area contributed by atoms with Gasteiger partial charge in [0.1, 0.15) is 5.75 Å². The molecule has 0 amide bonds.